The molecule has 0 fully saturated rings. The van der Waals surface area contributed by atoms with E-state index in [-0.39, 0.29) is 17.3 Å². The molecule has 0 bridgehead atoms. The molecule has 22 heavy (non-hydrogen) atoms. The summed E-state index contributed by atoms with van der Waals surface area (Å²) < 4.78 is 0. The highest BCUT2D eigenvalue weighted by atomic mass is 32.2. The molecule has 124 valence electrons. The van der Waals surface area contributed by atoms with E-state index in [1.54, 1.807) is 11.8 Å². The van der Waals surface area contributed by atoms with Gasteiger partial charge in [-0.1, -0.05) is 41.5 Å². The van der Waals surface area contributed by atoms with Crippen molar-refractivity contribution in [3.8, 4) is 5.75 Å². The first kappa shape index (κ1) is 18.9. The minimum Gasteiger partial charge on any atom is -0.507 e. The Kier molecular flexibility index (Phi) is 5.96. The maximum absolute atomic E-state index is 10.6. The molecule has 0 saturated carbocycles. The van der Waals surface area contributed by atoms with E-state index in [4.69, 9.17) is 5.11 Å². The summed E-state index contributed by atoms with van der Waals surface area (Å²) in [7, 11) is 0. The molecule has 0 aliphatic carbocycles. The fourth-order valence-corrected chi connectivity index (χ4v) is 3.17. The fraction of sp³-hybridized carbons (Fsp3) is 0.611. The first-order valence-corrected chi connectivity index (χ1v) is 8.64. The van der Waals surface area contributed by atoms with Crippen LogP contribution >= 0.6 is 11.8 Å². The van der Waals surface area contributed by atoms with Crippen molar-refractivity contribution in [1.29, 1.82) is 0 Å². The van der Waals surface area contributed by atoms with Crippen LogP contribution in [-0.4, -0.2) is 21.9 Å². The Morgan fingerprint density at radius 1 is 1.05 bits per heavy atom. The largest absolute Gasteiger partial charge is 0.507 e. The van der Waals surface area contributed by atoms with Crippen LogP contribution in [0.5, 0.6) is 5.75 Å². The summed E-state index contributed by atoms with van der Waals surface area (Å²) in [6.45, 7) is 12.5. The molecule has 2 N–H and O–H groups in total. The standard InChI is InChI=1S/C18H28O3S/c1-17(2,3)13-10-12(22-9-7-8-15(19)20)11-14(16(13)21)18(4,5)6/h10-11,21H,7-9H2,1-6H3,(H,19,20). The lowest BCUT2D eigenvalue weighted by Gasteiger charge is -2.28. The van der Waals surface area contributed by atoms with Crippen LogP contribution in [0.2, 0.25) is 0 Å². The maximum atomic E-state index is 10.6. The molecule has 1 aromatic rings. The number of aromatic hydroxyl groups is 1. The first-order valence-electron chi connectivity index (χ1n) is 7.65. The number of carboxylic acids is 1. The molecule has 1 rings (SSSR count). The summed E-state index contributed by atoms with van der Waals surface area (Å²) in [5.41, 5.74) is 1.62. The SMILES string of the molecule is CC(C)(C)c1cc(SCCCC(=O)O)cc(C(C)(C)C)c1O. The molecule has 0 radical (unpaired) electrons. The van der Waals surface area contributed by atoms with Crippen molar-refractivity contribution < 1.29 is 15.0 Å². The lowest BCUT2D eigenvalue weighted by atomic mass is 9.79. The summed E-state index contributed by atoms with van der Waals surface area (Å²) >= 11 is 1.66. The summed E-state index contributed by atoms with van der Waals surface area (Å²) in [5.74, 6) is 0.400. The van der Waals surface area contributed by atoms with Gasteiger partial charge in [0.05, 0.1) is 0 Å². The van der Waals surface area contributed by atoms with Crippen molar-refractivity contribution in [2.45, 2.75) is 70.1 Å². The van der Waals surface area contributed by atoms with Crippen LogP contribution in [0.1, 0.15) is 65.5 Å². The highest BCUT2D eigenvalue weighted by Gasteiger charge is 2.26. The molecule has 0 aliphatic heterocycles. The molecule has 0 aromatic heterocycles. The van der Waals surface area contributed by atoms with Gasteiger partial charge in [0.15, 0.2) is 0 Å². The third-order valence-electron chi connectivity index (χ3n) is 3.50. The molecule has 0 amide bonds. The molecule has 4 heteroatoms. The van der Waals surface area contributed by atoms with Crippen molar-refractivity contribution in [1.82, 2.24) is 0 Å². The van der Waals surface area contributed by atoms with Gasteiger partial charge in [-0.05, 0) is 35.1 Å². The molecule has 0 heterocycles. The van der Waals surface area contributed by atoms with Crippen molar-refractivity contribution >= 4 is 17.7 Å². The van der Waals surface area contributed by atoms with Crippen molar-refractivity contribution in [3.63, 3.8) is 0 Å². The van der Waals surface area contributed by atoms with Gasteiger partial charge in [-0.25, -0.2) is 0 Å². The number of benzene rings is 1. The fourth-order valence-electron chi connectivity index (χ4n) is 2.25. The van der Waals surface area contributed by atoms with Gasteiger partial charge in [0, 0.05) is 22.4 Å². The Balaban J connectivity index is 3.10. The Hall–Kier alpha value is -1.16. The van der Waals surface area contributed by atoms with Crippen molar-refractivity contribution in [2.75, 3.05) is 5.75 Å². The summed E-state index contributed by atoms with van der Waals surface area (Å²) in [6, 6.07) is 4.08. The molecule has 0 spiro atoms. The van der Waals surface area contributed by atoms with Gasteiger partial charge in [0.25, 0.3) is 0 Å². The summed E-state index contributed by atoms with van der Waals surface area (Å²) in [6.07, 6.45) is 0.847. The molecular formula is C18H28O3S. The quantitative estimate of drug-likeness (QED) is 0.594. The monoisotopic (exact) mass is 324 g/mol. The summed E-state index contributed by atoms with van der Waals surface area (Å²) in [5, 5.41) is 19.3. The number of carbonyl (C=O) groups is 1. The minimum atomic E-state index is -0.753. The van der Waals surface area contributed by atoms with Gasteiger partial charge in [0.2, 0.25) is 0 Å². The van der Waals surface area contributed by atoms with Gasteiger partial charge in [0.1, 0.15) is 5.75 Å². The van der Waals surface area contributed by atoms with Gasteiger partial charge in [-0.2, -0.15) is 0 Å². The highest BCUT2D eigenvalue weighted by Crippen LogP contribution is 2.41. The van der Waals surface area contributed by atoms with Crippen LogP contribution in [0, 0.1) is 0 Å². The number of aliphatic carboxylic acids is 1. The van der Waals surface area contributed by atoms with E-state index in [1.165, 1.54) is 0 Å². The Bertz CT molecular complexity index is 501. The van der Waals surface area contributed by atoms with Gasteiger partial charge in [-0.15, -0.1) is 11.8 Å². The van der Waals surface area contributed by atoms with Crippen LogP contribution in [0.25, 0.3) is 0 Å². The van der Waals surface area contributed by atoms with Crippen LogP contribution in [0.15, 0.2) is 17.0 Å². The Morgan fingerprint density at radius 2 is 1.50 bits per heavy atom. The number of phenolic OH excluding ortho intramolecular Hbond substituents is 1. The van der Waals surface area contributed by atoms with Crippen molar-refractivity contribution in [3.05, 3.63) is 23.3 Å². The van der Waals surface area contributed by atoms with E-state index < -0.39 is 5.97 Å². The first-order chi connectivity index (χ1) is 9.93. The number of hydrogen-bond donors (Lipinski definition) is 2. The smallest absolute Gasteiger partial charge is 0.303 e. The second-order valence-electron chi connectivity index (χ2n) is 7.71. The number of phenols is 1. The minimum absolute atomic E-state index is 0.137. The molecule has 0 unspecified atom stereocenters. The van der Waals surface area contributed by atoms with E-state index in [1.807, 2.05) is 12.1 Å². The molecule has 3 nitrogen and oxygen atoms in total. The average molecular weight is 324 g/mol. The normalized spacial score (nSPS) is 12.5. The van der Waals surface area contributed by atoms with Crippen LogP contribution in [0.4, 0.5) is 0 Å². The maximum Gasteiger partial charge on any atom is 0.303 e. The number of carboxylic acid groups (broad SMARTS) is 1. The van der Waals surface area contributed by atoms with E-state index >= 15 is 0 Å². The Morgan fingerprint density at radius 3 is 1.86 bits per heavy atom. The van der Waals surface area contributed by atoms with Crippen LogP contribution < -0.4 is 0 Å². The van der Waals surface area contributed by atoms with E-state index in [0.717, 1.165) is 21.8 Å². The zero-order chi connectivity index (χ0) is 17.1. The molecule has 0 aliphatic rings. The van der Waals surface area contributed by atoms with Crippen LogP contribution in [-0.2, 0) is 15.6 Å². The third-order valence-corrected chi connectivity index (χ3v) is 4.57. The van der Waals surface area contributed by atoms with E-state index in [2.05, 4.69) is 41.5 Å². The summed E-state index contributed by atoms with van der Waals surface area (Å²) in [4.78, 5) is 11.7. The number of thioether (sulfide) groups is 1. The number of hydrogen-bond acceptors (Lipinski definition) is 3. The van der Waals surface area contributed by atoms with Gasteiger partial charge in [-0.3, -0.25) is 4.79 Å². The van der Waals surface area contributed by atoms with Crippen LogP contribution in [0.3, 0.4) is 0 Å². The highest BCUT2D eigenvalue weighted by molar-refractivity contribution is 7.99. The predicted molar refractivity (Wildman–Crippen MR) is 93.1 cm³/mol. The lowest BCUT2D eigenvalue weighted by Crippen LogP contribution is -2.17. The second kappa shape index (κ2) is 6.95. The number of rotatable bonds is 5. The third kappa shape index (κ3) is 5.24. The lowest BCUT2D eigenvalue weighted by molar-refractivity contribution is -0.137. The molecular weight excluding hydrogens is 296 g/mol. The average Bonchev–Trinajstić information content (AvgIpc) is 2.33. The zero-order valence-corrected chi connectivity index (χ0v) is 15.3. The van der Waals surface area contributed by atoms with Gasteiger partial charge >= 0.3 is 5.97 Å². The molecule has 0 saturated heterocycles. The second-order valence-corrected chi connectivity index (χ2v) is 8.88. The van der Waals surface area contributed by atoms with E-state index in [0.29, 0.717) is 12.2 Å². The zero-order valence-electron chi connectivity index (χ0n) is 14.5. The van der Waals surface area contributed by atoms with E-state index in [9.17, 15) is 9.90 Å². The molecule has 1 aromatic carbocycles. The Labute approximate surface area is 138 Å². The van der Waals surface area contributed by atoms with Crippen molar-refractivity contribution in [2.24, 2.45) is 0 Å². The molecule has 0 atom stereocenters. The predicted octanol–water partition coefficient (Wildman–Crippen LogP) is 4.94. The topological polar surface area (TPSA) is 57.5 Å². The van der Waals surface area contributed by atoms with Gasteiger partial charge < -0.3 is 10.2 Å².